The number of benzene rings is 2. The number of rotatable bonds is 6. The summed E-state index contributed by atoms with van der Waals surface area (Å²) in [4.78, 5) is 5.37. The largest absolute Gasteiger partial charge is 0.439 e. The van der Waals surface area contributed by atoms with Gasteiger partial charge in [0.2, 0.25) is 5.88 Å². The second-order valence-electron chi connectivity index (χ2n) is 5.62. The molecule has 7 heteroatoms. The molecule has 1 heterocycles. The van der Waals surface area contributed by atoms with Crippen LogP contribution in [0.2, 0.25) is 0 Å². The van der Waals surface area contributed by atoms with Crippen molar-refractivity contribution < 1.29 is 14.0 Å². The van der Waals surface area contributed by atoms with Gasteiger partial charge in [-0.15, -0.1) is 0 Å². The lowest BCUT2D eigenvalue weighted by Crippen LogP contribution is -1.97. The van der Waals surface area contributed by atoms with Gasteiger partial charge in [-0.1, -0.05) is 17.3 Å². The Bertz CT molecular complexity index is 906. The molecule has 0 bridgehead atoms. The predicted molar refractivity (Wildman–Crippen MR) is 106 cm³/mol. The van der Waals surface area contributed by atoms with Crippen molar-refractivity contribution >= 4 is 28.8 Å². The van der Waals surface area contributed by atoms with Gasteiger partial charge in [0.15, 0.2) is 0 Å². The van der Waals surface area contributed by atoms with Crippen LogP contribution in [0.5, 0.6) is 11.6 Å². The third-order valence-electron chi connectivity index (χ3n) is 3.64. The fraction of sp³-hybridized carbons (Fsp3) is 0.158. The highest BCUT2D eigenvalue weighted by Crippen LogP contribution is 2.26. The highest BCUT2D eigenvalue weighted by atomic mass is 127. The Morgan fingerprint density at radius 1 is 1.15 bits per heavy atom. The van der Waals surface area contributed by atoms with Crippen molar-refractivity contribution in [2.75, 3.05) is 0 Å². The number of ether oxygens (including phenoxy) is 1. The highest BCUT2D eigenvalue weighted by molar-refractivity contribution is 14.1. The van der Waals surface area contributed by atoms with Crippen LogP contribution in [0.25, 0.3) is 0 Å². The van der Waals surface area contributed by atoms with Crippen LogP contribution in [-0.2, 0) is 18.5 Å². The highest BCUT2D eigenvalue weighted by Gasteiger charge is 2.14. The van der Waals surface area contributed by atoms with Crippen molar-refractivity contribution in [3.63, 3.8) is 0 Å². The smallest absolute Gasteiger partial charge is 0.226 e. The number of halogens is 2. The maximum Gasteiger partial charge on any atom is 0.226 e. The molecule has 2 aromatic carbocycles. The minimum absolute atomic E-state index is 0.315. The second-order valence-corrected chi connectivity index (χ2v) is 6.86. The lowest BCUT2D eigenvalue weighted by Gasteiger charge is -2.06. The van der Waals surface area contributed by atoms with Crippen molar-refractivity contribution in [1.82, 2.24) is 9.78 Å². The van der Waals surface area contributed by atoms with Gasteiger partial charge < -0.3 is 9.57 Å². The summed E-state index contributed by atoms with van der Waals surface area (Å²) in [5, 5.41) is 8.37. The maximum atomic E-state index is 13.0. The van der Waals surface area contributed by atoms with Crippen molar-refractivity contribution in [2.24, 2.45) is 12.2 Å². The van der Waals surface area contributed by atoms with E-state index in [0.717, 1.165) is 11.3 Å². The molecule has 0 aliphatic rings. The zero-order valence-electron chi connectivity index (χ0n) is 14.3. The summed E-state index contributed by atoms with van der Waals surface area (Å²) in [5.74, 6) is 0.712. The van der Waals surface area contributed by atoms with Gasteiger partial charge in [-0.05, 0) is 71.5 Å². The van der Waals surface area contributed by atoms with E-state index in [1.165, 1.54) is 15.7 Å². The Balaban J connectivity index is 1.70. The third kappa shape index (κ3) is 4.60. The van der Waals surface area contributed by atoms with Gasteiger partial charge in [0.05, 0.1) is 17.5 Å². The van der Waals surface area contributed by atoms with E-state index < -0.39 is 0 Å². The first-order valence-corrected chi connectivity index (χ1v) is 8.97. The number of nitrogens with zero attached hydrogens (tertiary/aromatic N) is 3. The first kappa shape index (κ1) is 18.4. The van der Waals surface area contributed by atoms with Crippen molar-refractivity contribution in [2.45, 2.75) is 13.5 Å². The Morgan fingerprint density at radius 2 is 1.85 bits per heavy atom. The van der Waals surface area contributed by atoms with Crippen molar-refractivity contribution in [1.29, 1.82) is 0 Å². The Labute approximate surface area is 164 Å². The summed E-state index contributed by atoms with van der Waals surface area (Å²) in [6, 6.07) is 13.8. The minimum Gasteiger partial charge on any atom is -0.439 e. The molecule has 26 heavy (non-hydrogen) atoms. The van der Waals surface area contributed by atoms with Crippen LogP contribution in [-0.4, -0.2) is 16.0 Å². The van der Waals surface area contributed by atoms with Gasteiger partial charge in [-0.3, -0.25) is 0 Å². The van der Waals surface area contributed by atoms with E-state index in [1.54, 1.807) is 30.1 Å². The molecule has 3 aromatic rings. The number of hydrogen-bond donors (Lipinski definition) is 0. The van der Waals surface area contributed by atoms with Crippen LogP contribution in [0.4, 0.5) is 4.39 Å². The lowest BCUT2D eigenvalue weighted by molar-refractivity contribution is 0.132. The molecule has 0 atom stereocenters. The molecule has 134 valence electrons. The molecule has 0 aliphatic heterocycles. The fourth-order valence-corrected chi connectivity index (χ4v) is 2.68. The van der Waals surface area contributed by atoms with Crippen LogP contribution < -0.4 is 4.74 Å². The summed E-state index contributed by atoms with van der Waals surface area (Å²) in [6.07, 6.45) is 1.58. The summed E-state index contributed by atoms with van der Waals surface area (Å²) in [7, 11) is 1.77. The van der Waals surface area contributed by atoms with Crippen LogP contribution in [0, 0.1) is 16.3 Å². The molecule has 0 radical (unpaired) electrons. The second kappa shape index (κ2) is 8.31. The Kier molecular flexibility index (Phi) is 5.87. The van der Waals surface area contributed by atoms with E-state index in [-0.39, 0.29) is 5.82 Å². The summed E-state index contributed by atoms with van der Waals surface area (Å²) in [6.45, 7) is 2.24. The van der Waals surface area contributed by atoms with E-state index in [9.17, 15) is 4.39 Å². The quantitative estimate of drug-likeness (QED) is 0.298. The molecule has 0 aliphatic carbocycles. The molecular weight excluding hydrogens is 448 g/mol. The molecule has 0 amide bonds. The van der Waals surface area contributed by atoms with E-state index >= 15 is 0 Å². The molecule has 0 fully saturated rings. The number of aryl methyl sites for hydroxylation is 2. The topological polar surface area (TPSA) is 48.6 Å². The van der Waals surface area contributed by atoms with Gasteiger partial charge in [0, 0.05) is 10.6 Å². The third-order valence-corrected chi connectivity index (χ3v) is 4.36. The number of aromatic nitrogens is 2. The number of oxime groups is 1. The van der Waals surface area contributed by atoms with Crippen LogP contribution >= 0.6 is 22.6 Å². The fourth-order valence-electron chi connectivity index (χ4n) is 2.32. The van der Waals surface area contributed by atoms with Crippen LogP contribution in [0.3, 0.4) is 0 Å². The van der Waals surface area contributed by atoms with E-state index in [1.807, 2.05) is 31.2 Å². The molecule has 0 N–H and O–H groups in total. The number of hydrogen-bond acceptors (Lipinski definition) is 4. The molecule has 0 spiro atoms. The zero-order chi connectivity index (χ0) is 18.5. The lowest BCUT2D eigenvalue weighted by atomic mass is 10.2. The summed E-state index contributed by atoms with van der Waals surface area (Å²) in [5.41, 5.74) is 2.50. The van der Waals surface area contributed by atoms with Gasteiger partial charge in [-0.2, -0.15) is 5.10 Å². The van der Waals surface area contributed by atoms with Gasteiger partial charge in [-0.25, -0.2) is 9.07 Å². The normalized spacial score (nSPS) is 11.1. The summed E-state index contributed by atoms with van der Waals surface area (Å²) < 4.78 is 21.7. The minimum atomic E-state index is -0.315. The SMILES string of the molecule is Cc1nn(C)c(Oc2ccc(F)cc2)c1/C=N/OCc1ccc(I)cc1. The molecule has 0 saturated heterocycles. The van der Waals surface area contributed by atoms with Crippen molar-refractivity contribution in [3.05, 3.63) is 74.7 Å². The maximum absolute atomic E-state index is 13.0. The first-order valence-electron chi connectivity index (χ1n) is 7.90. The molecule has 1 aromatic heterocycles. The predicted octanol–water partition coefficient (Wildman–Crippen LogP) is 4.82. The Hall–Kier alpha value is -2.42. The standard InChI is InChI=1S/C19H17FIN3O2/c1-13-18(11-22-25-12-14-3-7-16(21)8-4-14)19(24(2)23-13)26-17-9-5-15(20)6-10-17/h3-11H,12H2,1-2H3/b22-11+. The zero-order valence-corrected chi connectivity index (χ0v) is 16.5. The molecule has 0 saturated carbocycles. The van der Waals surface area contributed by atoms with Gasteiger partial charge in [0.25, 0.3) is 0 Å². The van der Waals surface area contributed by atoms with Crippen LogP contribution in [0.15, 0.2) is 53.7 Å². The molecule has 5 nitrogen and oxygen atoms in total. The van der Waals surface area contributed by atoms with E-state index in [2.05, 4.69) is 32.8 Å². The van der Waals surface area contributed by atoms with E-state index in [0.29, 0.717) is 23.8 Å². The van der Waals surface area contributed by atoms with Crippen molar-refractivity contribution in [3.8, 4) is 11.6 Å². The van der Waals surface area contributed by atoms with E-state index in [4.69, 9.17) is 9.57 Å². The average molecular weight is 465 g/mol. The van der Waals surface area contributed by atoms with Gasteiger partial charge in [0.1, 0.15) is 18.2 Å². The average Bonchev–Trinajstić information content (AvgIpc) is 2.89. The molecule has 0 unspecified atom stereocenters. The van der Waals surface area contributed by atoms with Gasteiger partial charge >= 0.3 is 0 Å². The molecule has 3 rings (SSSR count). The monoisotopic (exact) mass is 465 g/mol. The molecular formula is C19H17FIN3O2. The Morgan fingerprint density at radius 3 is 2.54 bits per heavy atom. The van der Waals surface area contributed by atoms with Crippen LogP contribution in [0.1, 0.15) is 16.8 Å². The first-order chi connectivity index (χ1) is 12.5. The summed E-state index contributed by atoms with van der Waals surface area (Å²) >= 11 is 2.26.